The Bertz CT molecular complexity index is 677. The molecule has 2 N–H and O–H groups in total. The SMILES string of the molecule is COc1nc2c(N)nc3ccccc3c2s1. The molecule has 0 aliphatic heterocycles. The average Bonchev–Trinajstić information content (AvgIpc) is 2.74. The van der Waals surface area contributed by atoms with Crippen molar-refractivity contribution in [3.05, 3.63) is 24.3 Å². The summed E-state index contributed by atoms with van der Waals surface area (Å²) in [5, 5.41) is 1.67. The van der Waals surface area contributed by atoms with Crippen LogP contribution in [0.2, 0.25) is 0 Å². The van der Waals surface area contributed by atoms with Crippen LogP contribution in [0.5, 0.6) is 5.19 Å². The van der Waals surface area contributed by atoms with E-state index < -0.39 is 0 Å². The Hall–Kier alpha value is -1.88. The quantitative estimate of drug-likeness (QED) is 0.698. The van der Waals surface area contributed by atoms with Crippen LogP contribution in [-0.2, 0) is 0 Å². The van der Waals surface area contributed by atoms with Crippen LogP contribution in [0.15, 0.2) is 24.3 Å². The molecule has 0 radical (unpaired) electrons. The van der Waals surface area contributed by atoms with Gasteiger partial charge < -0.3 is 10.5 Å². The number of ether oxygens (including phenoxy) is 1. The van der Waals surface area contributed by atoms with E-state index in [4.69, 9.17) is 10.5 Å². The number of methoxy groups -OCH3 is 1. The molecule has 0 aliphatic carbocycles. The van der Waals surface area contributed by atoms with Gasteiger partial charge in [-0.15, -0.1) is 0 Å². The summed E-state index contributed by atoms with van der Waals surface area (Å²) in [6.45, 7) is 0. The number of thiazole rings is 1. The van der Waals surface area contributed by atoms with E-state index in [1.165, 1.54) is 11.3 Å². The largest absolute Gasteiger partial charge is 0.473 e. The first kappa shape index (κ1) is 9.35. The standard InChI is InChI=1S/C11H9N3OS/c1-15-11-14-8-9(16-11)6-4-2-3-5-7(6)13-10(8)12/h2-5H,1H3,(H2,12,13). The van der Waals surface area contributed by atoms with Crippen LogP contribution in [0, 0.1) is 0 Å². The fourth-order valence-electron chi connectivity index (χ4n) is 1.69. The molecule has 0 fully saturated rings. The molecule has 0 aliphatic rings. The molecule has 5 heteroatoms. The van der Waals surface area contributed by atoms with Gasteiger partial charge in [0, 0.05) is 5.39 Å². The van der Waals surface area contributed by atoms with Crippen molar-refractivity contribution in [3.63, 3.8) is 0 Å². The molecule has 0 unspecified atom stereocenters. The first-order valence-corrected chi connectivity index (χ1v) is 5.60. The lowest BCUT2D eigenvalue weighted by Crippen LogP contribution is -1.92. The third-order valence-electron chi connectivity index (χ3n) is 2.41. The molecule has 0 saturated carbocycles. The Labute approximate surface area is 95.7 Å². The van der Waals surface area contributed by atoms with E-state index in [1.807, 2.05) is 24.3 Å². The zero-order chi connectivity index (χ0) is 11.1. The van der Waals surface area contributed by atoms with Crippen molar-refractivity contribution in [2.75, 3.05) is 12.8 Å². The van der Waals surface area contributed by atoms with E-state index in [1.54, 1.807) is 7.11 Å². The molecule has 3 aromatic rings. The van der Waals surface area contributed by atoms with Gasteiger partial charge in [0.15, 0.2) is 5.82 Å². The predicted molar refractivity (Wildman–Crippen MR) is 65.9 cm³/mol. The van der Waals surface area contributed by atoms with Crippen LogP contribution in [-0.4, -0.2) is 17.1 Å². The maximum absolute atomic E-state index is 5.87. The zero-order valence-electron chi connectivity index (χ0n) is 8.60. The van der Waals surface area contributed by atoms with E-state index >= 15 is 0 Å². The van der Waals surface area contributed by atoms with Crippen LogP contribution in [0.1, 0.15) is 0 Å². The fraction of sp³-hybridized carbons (Fsp3) is 0.0909. The maximum Gasteiger partial charge on any atom is 0.274 e. The van der Waals surface area contributed by atoms with Crippen molar-refractivity contribution < 1.29 is 4.74 Å². The van der Waals surface area contributed by atoms with Crippen LogP contribution >= 0.6 is 11.3 Å². The first-order valence-electron chi connectivity index (χ1n) is 4.78. The van der Waals surface area contributed by atoms with Crippen molar-refractivity contribution in [2.45, 2.75) is 0 Å². The van der Waals surface area contributed by atoms with Gasteiger partial charge in [-0.05, 0) is 6.07 Å². The molecule has 2 aromatic heterocycles. The number of anilines is 1. The minimum absolute atomic E-state index is 0.452. The lowest BCUT2D eigenvalue weighted by molar-refractivity contribution is 0.413. The summed E-state index contributed by atoms with van der Waals surface area (Å²) in [5.74, 6) is 0.452. The molecule has 0 amide bonds. The van der Waals surface area contributed by atoms with Crippen molar-refractivity contribution in [3.8, 4) is 5.19 Å². The monoisotopic (exact) mass is 231 g/mol. The molecule has 3 rings (SSSR count). The van der Waals surface area contributed by atoms with Crippen LogP contribution in [0.3, 0.4) is 0 Å². The molecule has 80 valence electrons. The van der Waals surface area contributed by atoms with E-state index in [9.17, 15) is 0 Å². The highest BCUT2D eigenvalue weighted by atomic mass is 32.1. The van der Waals surface area contributed by atoms with E-state index in [0.29, 0.717) is 11.0 Å². The van der Waals surface area contributed by atoms with Gasteiger partial charge in [0.1, 0.15) is 5.52 Å². The fourth-order valence-corrected chi connectivity index (χ4v) is 2.61. The summed E-state index contributed by atoms with van der Waals surface area (Å²) < 4.78 is 6.15. The second kappa shape index (κ2) is 3.31. The van der Waals surface area contributed by atoms with Gasteiger partial charge in [0.25, 0.3) is 5.19 Å². The number of para-hydroxylation sites is 1. The molecule has 2 heterocycles. The van der Waals surface area contributed by atoms with Crippen molar-refractivity contribution >= 4 is 38.3 Å². The molecule has 0 spiro atoms. The third kappa shape index (κ3) is 1.22. The number of nitrogens with two attached hydrogens (primary N) is 1. The van der Waals surface area contributed by atoms with Crippen molar-refractivity contribution in [1.82, 2.24) is 9.97 Å². The Kier molecular flexibility index (Phi) is 1.94. The molecule has 4 nitrogen and oxygen atoms in total. The van der Waals surface area contributed by atoms with Gasteiger partial charge in [-0.25, -0.2) is 4.98 Å². The normalized spacial score (nSPS) is 11.1. The highest BCUT2D eigenvalue weighted by Gasteiger charge is 2.11. The summed E-state index contributed by atoms with van der Waals surface area (Å²) in [7, 11) is 1.60. The molecule has 0 atom stereocenters. The van der Waals surface area contributed by atoms with Gasteiger partial charge in [-0.2, -0.15) is 4.98 Å². The number of aromatic nitrogens is 2. The summed E-state index contributed by atoms with van der Waals surface area (Å²) in [4.78, 5) is 8.61. The van der Waals surface area contributed by atoms with E-state index in [-0.39, 0.29) is 0 Å². The number of pyridine rings is 1. The summed E-state index contributed by atoms with van der Waals surface area (Å²) in [6, 6.07) is 7.88. The lowest BCUT2D eigenvalue weighted by atomic mass is 10.2. The summed E-state index contributed by atoms with van der Waals surface area (Å²) >= 11 is 1.49. The predicted octanol–water partition coefficient (Wildman–Crippen LogP) is 2.44. The molecule has 1 aromatic carbocycles. The number of fused-ring (bicyclic) bond motifs is 3. The number of benzene rings is 1. The van der Waals surface area contributed by atoms with Crippen LogP contribution < -0.4 is 10.5 Å². The van der Waals surface area contributed by atoms with Gasteiger partial charge in [0.05, 0.1) is 17.3 Å². The third-order valence-corrected chi connectivity index (χ3v) is 3.46. The van der Waals surface area contributed by atoms with E-state index in [0.717, 1.165) is 21.1 Å². The van der Waals surface area contributed by atoms with Gasteiger partial charge in [-0.1, -0.05) is 29.5 Å². The molecule has 16 heavy (non-hydrogen) atoms. The Morgan fingerprint density at radius 3 is 2.88 bits per heavy atom. The van der Waals surface area contributed by atoms with E-state index in [2.05, 4.69) is 9.97 Å². The second-order valence-corrected chi connectivity index (χ2v) is 4.34. The highest BCUT2D eigenvalue weighted by Crippen LogP contribution is 2.35. The maximum atomic E-state index is 5.87. The minimum Gasteiger partial charge on any atom is -0.473 e. The Morgan fingerprint density at radius 2 is 2.06 bits per heavy atom. The average molecular weight is 231 g/mol. The first-order chi connectivity index (χ1) is 7.79. The Balaban J connectivity index is 2.52. The number of hydrogen-bond donors (Lipinski definition) is 1. The number of nitrogen functional groups attached to an aromatic ring is 1. The molecule has 0 bridgehead atoms. The van der Waals surface area contributed by atoms with Gasteiger partial charge in [0.2, 0.25) is 0 Å². The number of rotatable bonds is 1. The topological polar surface area (TPSA) is 61.0 Å². The summed E-state index contributed by atoms with van der Waals surface area (Å²) in [6.07, 6.45) is 0. The number of nitrogens with zero attached hydrogens (tertiary/aromatic N) is 2. The molecular formula is C11H9N3OS. The van der Waals surface area contributed by atoms with Gasteiger partial charge >= 0.3 is 0 Å². The lowest BCUT2D eigenvalue weighted by Gasteiger charge is -1.99. The highest BCUT2D eigenvalue weighted by molar-refractivity contribution is 7.21. The van der Waals surface area contributed by atoms with Crippen molar-refractivity contribution in [2.24, 2.45) is 0 Å². The molecule has 0 saturated heterocycles. The zero-order valence-corrected chi connectivity index (χ0v) is 9.41. The van der Waals surface area contributed by atoms with Crippen molar-refractivity contribution in [1.29, 1.82) is 0 Å². The smallest absolute Gasteiger partial charge is 0.274 e. The minimum atomic E-state index is 0.452. The van der Waals surface area contributed by atoms with Crippen LogP contribution in [0.4, 0.5) is 5.82 Å². The van der Waals surface area contributed by atoms with Crippen LogP contribution in [0.25, 0.3) is 21.1 Å². The number of hydrogen-bond acceptors (Lipinski definition) is 5. The Morgan fingerprint density at radius 1 is 1.25 bits per heavy atom. The second-order valence-electron chi connectivity index (χ2n) is 3.38. The summed E-state index contributed by atoms with van der Waals surface area (Å²) in [5.41, 5.74) is 7.48. The van der Waals surface area contributed by atoms with Gasteiger partial charge in [-0.3, -0.25) is 0 Å². The molecular weight excluding hydrogens is 222 g/mol.